The maximum absolute atomic E-state index is 13.6. The number of halogens is 2. The van der Waals surface area contributed by atoms with Crippen LogP contribution in [-0.4, -0.2) is 66.1 Å². The monoisotopic (exact) mass is 357 g/mol. The summed E-state index contributed by atoms with van der Waals surface area (Å²) in [4.78, 5) is 27.6. The van der Waals surface area contributed by atoms with E-state index in [0.717, 1.165) is 0 Å². The molecule has 1 aromatic rings. The number of piperazine rings is 1. The van der Waals surface area contributed by atoms with Crippen LogP contribution in [0.15, 0.2) is 18.2 Å². The van der Waals surface area contributed by atoms with Gasteiger partial charge in [0.15, 0.2) is 0 Å². The first-order valence-corrected chi connectivity index (χ1v) is 8.10. The Kier molecular flexibility index (Phi) is 6.53. The van der Waals surface area contributed by atoms with Gasteiger partial charge in [0.2, 0.25) is 11.8 Å². The normalized spacial score (nSPS) is 18.3. The lowest BCUT2D eigenvalue weighted by Crippen LogP contribution is -2.56. The number of nitrogens with zero attached hydrogens (tertiary/aromatic N) is 2. The van der Waals surface area contributed by atoms with Gasteiger partial charge in [0.25, 0.3) is 0 Å². The van der Waals surface area contributed by atoms with Gasteiger partial charge in [-0.1, -0.05) is 17.7 Å². The molecule has 1 aromatic carbocycles. The molecule has 1 saturated heterocycles. The molecule has 0 saturated carbocycles. The van der Waals surface area contributed by atoms with Crippen molar-refractivity contribution < 1.29 is 19.1 Å². The van der Waals surface area contributed by atoms with Crippen molar-refractivity contribution in [3.8, 4) is 0 Å². The van der Waals surface area contributed by atoms with E-state index in [4.69, 9.17) is 16.7 Å². The zero-order valence-corrected chi connectivity index (χ0v) is 14.2. The lowest BCUT2D eigenvalue weighted by atomic mass is 10.1. The summed E-state index contributed by atoms with van der Waals surface area (Å²) >= 11 is 5.69. The predicted molar refractivity (Wildman–Crippen MR) is 88.0 cm³/mol. The summed E-state index contributed by atoms with van der Waals surface area (Å²) in [7, 11) is 1.58. The number of hydrogen-bond donors (Lipinski definition) is 2. The van der Waals surface area contributed by atoms with Crippen LogP contribution in [0.5, 0.6) is 0 Å². The predicted octanol–water partition coefficient (Wildman–Crippen LogP) is 0.620. The lowest BCUT2D eigenvalue weighted by Gasteiger charge is -2.35. The van der Waals surface area contributed by atoms with Crippen LogP contribution in [0, 0.1) is 5.82 Å². The molecule has 2 amide bonds. The van der Waals surface area contributed by atoms with Crippen molar-refractivity contribution in [2.45, 2.75) is 19.0 Å². The van der Waals surface area contributed by atoms with Crippen LogP contribution in [0.1, 0.15) is 12.0 Å². The smallest absolute Gasteiger partial charge is 0.237 e. The highest BCUT2D eigenvalue weighted by atomic mass is 35.5. The number of benzene rings is 1. The van der Waals surface area contributed by atoms with E-state index in [1.165, 1.54) is 17.0 Å². The van der Waals surface area contributed by atoms with E-state index in [1.807, 2.05) is 4.90 Å². The largest absolute Gasteiger partial charge is 0.395 e. The van der Waals surface area contributed by atoms with Crippen molar-refractivity contribution >= 4 is 23.4 Å². The van der Waals surface area contributed by atoms with Crippen LogP contribution in [0.3, 0.4) is 0 Å². The van der Waals surface area contributed by atoms with E-state index >= 15 is 0 Å². The van der Waals surface area contributed by atoms with Crippen LogP contribution in [0.25, 0.3) is 0 Å². The number of aliphatic hydroxyl groups excluding tert-OH is 1. The number of carbonyl (C=O) groups is 2. The van der Waals surface area contributed by atoms with Crippen LogP contribution in [-0.2, 0) is 16.1 Å². The molecule has 8 heteroatoms. The summed E-state index contributed by atoms with van der Waals surface area (Å²) < 4.78 is 13.6. The number of aliphatic hydroxyl groups is 1. The molecule has 24 heavy (non-hydrogen) atoms. The Hall–Kier alpha value is -1.70. The van der Waals surface area contributed by atoms with Gasteiger partial charge in [-0.3, -0.25) is 14.5 Å². The van der Waals surface area contributed by atoms with Gasteiger partial charge in [-0.2, -0.15) is 0 Å². The van der Waals surface area contributed by atoms with E-state index in [2.05, 4.69) is 5.32 Å². The Morgan fingerprint density at radius 1 is 1.54 bits per heavy atom. The standard InChI is InChI=1S/C16H21ClFN3O3/c1-20(6-7-22)15(23)9-14-16(24)19-4-5-21(14)10-11-2-3-12(17)13(18)8-11/h2-3,8,14,22H,4-7,9-10H2,1H3,(H,19,24)/t14-/m1/s1. The zero-order chi connectivity index (χ0) is 17.7. The van der Waals surface area contributed by atoms with Crippen molar-refractivity contribution in [2.75, 3.05) is 33.3 Å². The molecule has 132 valence electrons. The number of likely N-dealkylation sites (N-methyl/N-ethyl adjacent to an activating group) is 1. The maximum Gasteiger partial charge on any atom is 0.237 e. The SMILES string of the molecule is CN(CCO)C(=O)C[C@@H]1C(=O)NCCN1Cc1ccc(Cl)c(F)c1. The number of rotatable bonds is 6. The first kappa shape index (κ1) is 18.6. The van der Waals surface area contributed by atoms with Crippen molar-refractivity contribution in [3.05, 3.63) is 34.6 Å². The van der Waals surface area contributed by atoms with Crippen LogP contribution in [0.2, 0.25) is 5.02 Å². The first-order valence-electron chi connectivity index (χ1n) is 7.73. The van der Waals surface area contributed by atoms with Crippen LogP contribution >= 0.6 is 11.6 Å². The van der Waals surface area contributed by atoms with Gasteiger partial charge in [0, 0.05) is 33.2 Å². The summed E-state index contributed by atoms with van der Waals surface area (Å²) in [6, 6.07) is 3.90. The molecule has 1 aliphatic heterocycles. The molecule has 2 N–H and O–H groups in total. The Morgan fingerprint density at radius 3 is 2.96 bits per heavy atom. The minimum absolute atomic E-state index is 0.0123. The van der Waals surface area contributed by atoms with E-state index in [0.29, 0.717) is 25.2 Å². The van der Waals surface area contributed by atoms with E-state index in [9.17, 15) is 14.0 Å². The molecular formula is C16H21ClFN3O3. The molecule has 0 spiro atoms. The molecule has 1 atom stereocenters. The van der Waals surface area contributed by atoms with Crippen LogP contribution in [0.4, 0.5) is 4.39 Å². The van der Waals surface area contributed by atoms with E-state index in [-0.39, 0.29) is 36.4 Å². The highest BCUT2D eigenvalue weighted by Gasteiger charge is 2.32. The maximum atomic E-state index is 13.6. The second-order valence-corrected chi connectivity index (χ2v) is 6.18. The first-order chi connectivity index (χ1) is 11.4. The molecule has 1 aliphatic rings. The molecule has 0 radical (unpaired) electrons. The van der Waals surface area contributed by atoms with Gasteiger partial charge in [-0.15, -0.1) is 0 Å². The second kappa shape index (κ2) is 8.41. The summed E-state index contributed by atoms with van der Waals surface area (Å²) in [5, 5.41) is 11.7. The fourth-order valence-electron chi connectivity index (χ4n) is 2.64. The summed E-state index contributed by atoms with van der Waals surface area (Å²) in [6.45, 7) is 1.48. The molecule has 1 fully saturated rings. The summed E-state index contributed by atoms with van der Waals surface area (Å²) in [5.41, 5.74) is 0.688. The molecule has 0 unspecified atom stereocenters. The third kappa shape index (κ3) is 4.66. The van der Waals surface area contributed by atoms with Crippen LogP contribution < -0.4 is 5.32 Å². The van der Waals surface area contributed by atoms with Crippen molar-refractivity contribution in [2.24, 2.45) is 0 Å². The van der Waals surface area contributed by atoms with Gasteiger partial charge < -0.3 is 15.3 Å². The minimum Gasteiger partial charge on any atom is -0.395 e. The summed E-state index contributed by atoms with van der Waals surface area (Å²) in [5.74, 6) is -0.953. The highest BCUT2D eigenvalue weighted by molar-refractivity contribution is 6.30. The molecule has 1 heterocycles. The number of nitrogens with one attached hydrogen (secondary N) is 1. The molecule has 0 aliphatic carbocycles. The fraction of sp³-hybridized carbons (Fsp3) is 0.500. The van der Waals surface area contributed by atoms with Crippen molar-refractivity contribution in [1.29, 1.82) is 0 Å². The second-order valence-electron chi connectivity index (χ2n) is 5.77. The van der Waals surface area contributed by atoms with E-state index < -0.39 is 11.9 Å². The number of carbonyl (C=O) groups excluding carboxylic acids is 2. The molecule has 0 bridgehead atoms. The zero-order valence-electron chi connectivity index (χ0n) is 13.5. The Balaban J connectivity index is 2.09. The van der Waals surface area contributed by atoms with Gasteiger partial charge in [-0.25, -0.2) is 4.39 Å². The van der Waals surface area contributed by atoms with Gasteiger partial charge in [-0.05, 0) is 17.7 Å². The molecular weight excluding hydrogens is 337 g/mol. The minimum atomic E-state index is -0.619. The summed E-state index contributed by atoms with van der Waals surface area (Å²) in [6.07, 6.45) is 0.0123. The molecule has 6 nitrogen and oxygen atoms in total. The van der Waals surface area contributed by atoms with Crippen molar-refractivity contribution in [3.63, 3.8) is 0 Å². The third-order valence-corrected chi connectivity index (χ3v) is 4.35. The average molecular weight is 358 g/mol. The Labute approximate surface area is 145 Å². The highest BCUT2D eigenvalue weighted by Crippen LogP contribution is 2.19. The van der Waals surface area contributed by atoms with Crippen molar-refractivity contribution in [1.82, 2.24) is 15.1 Å². The topological polar surface area (TPSA) is 72.9 Å². The van der Waals surface area contributed by atoms with Gasteiger partial charge in [0.1, 0.15) is 5.82 Å². The molecule has 2 rings (SSSR count). The fourth-order valence-corrected chi connectivity index (χ4v) is 2.76. The quantitative estimate of drug-likeness (QED) is 0.783. The van der Waals surface area contributed by atoms with Gasteiger partial charge in [0.05, 0.1) is 24.1 Å². The van der Waals surface area contributed by atoms with Gasteiger partial charge >= 0.3 is 0 Å². The number of amides is 2. The average Bonchev–Trinajstić information content (AvgIpc) is 2.54. The lowest BCUT2D eigenvalue weighted by molar-refractivity contribution is -0.138. The third-order valence-electron chi connectivity index (χ3n) is 4.04. The van der Waals surface area contributed by atoms with E-state index in [1.54, 1.807) is 13.1 Å². The Bertz CT molecular complexity index is 614. The molecule has 0 aromatic heterocycles. The number of hydrogen-bond acceptors (Lipinski definition) is 4. The Morgan fingerprint density at radius 2 is 2.29 bits per heavy atom.